The Morgan fingerprint density at radius 1 is 1.33 bits per heavy atom. The quantitative estimate of drug-likeness (QED) is 0.700. The van der Waals surface area contributed by atoms with Gasteiger partial charge in [-0.2, -0.15) is 0 Å². The van der Waals surface area contributed by atoms with Crippen LogP contribution >= 0.6 is 0 Å². The molecule has 0 radical (unpaired) electrons. The van der Waals surface area contributed by atoms with Crippen LogP contribution in [0.5, 0.6) is 0 Å². The Balaban J connectivity index is 2.08. The molecule has 0 amide bonds. The average Bonchev–Trinajstić information content (AvgIpc) is 2.62. The van der Waals surface area contributed by atoms with E-state index in [0.29, 0.717) is 5.54 Å². The van der Waals surface area contributed by atoms with Gasteiger partial charge in [-0.15, -0.1) is 6.58 Å². The van der Waals surface area contributed by atoms with Crippen molar-refractivity contribution in [3.05, 3.63) is 12.7 Å². The normalized spacial score (nSPS) is 29.5. The van der Waals surface area contributed by atoms with Crippen molar-refractivity contribution in [1.29, 1.82) is 0 Å². The number of hydrogen-bond acceptors (Lipinski definition) is 2. The molecule has 86 valence electrons. The fourth-order valence-electron chi connectivity index (χ4n) is 3.01. The second kappa shape index (κ2) is 3.91. The van der Waals surface area contributed by atoms with Crippen LogP contribution in [-0.4, -0.2) is 35.6 Å². The Kier molecular flexibility index (Phi) is 2.91. The van der Waals surface area contributed by atoms with Gasteiger partial charge in [0.25, 0.3) is 0 Å². The Hall–Kier alpha value is -0.340. The molecular weight excluding hydrogens is 184 g/mol. The molecule has 2 nitrogen and oxygen atoms in total. The van der Waals surface area contributed by atoms with E-state index in [9.17, 15) is 0 Å². The number of rotatable bonds is 2. The van der Waals surface area contributed by atoms with Gasteiger partial charge in [-0.25, -0.2) is 0 Å². The molecule has 0 unspecified atom stereocenters. The molecule has 1 aliphatic heterocycles. The minimum absolute atomic E-state index is 0.280. The number of nitrogens with zero attached hydrogens (tertiary/aromatic N) is 1. The highest BCUT2D eigenvalue weighted by Crippen LogP contribution is 2.35. The van der Waals surface area contributed by atoms with E-state index in [1.165, 1.54) is 32.2 Å². The fourth-order valence-corrected chi connectivity index (χ4v) is 3.01. The van der Waals surface area contributed by atoms with E-state index in [1.54, 1.807) is 0 Å². The van der Waals surface area contributed by atoms with Crippen molar-refractivity contribution in [3.8, 4) is 0 Å². The highest BCUT2D eigenvalue weighted by Gasteiger charge is 2.43. The Labute approximate surface area is 93.7 Å². The van der Waals surface area contributed by atoms with Crippen LogP contribution in [0.15, 0.2) is 12.7 Å². The maximum atomic E-state index is 3.87. The third kappa shape index (κ3) is 2.11. The Bertz CT molecular complexity index is 239. The van der Waals surface area contributed by atoms with Gasteiger partial charge in [0.05, 0.1) is 0 Å². The van der Waals surface area contributed by atoms with Crippen molar-refractivity contribution in [2.24, 2.45) is 0 Å². The van der Waals surface area contributed by atoms with Crippen LogP contribution in [0.4, 0.5) is 0 Å². The van der Waals surface area contributed by atoms with Gasteiger partial charge < -0.3 is 5.32 Å². The van der Waals surface area contributed by atoms with Crippen LogP contribution in [0, 0.1) is 0 Å². The number of nitrogens with one attached hydrogen (secondary N) is 1. The van der Waals surface area contributed by atoms with Gasteiger partial charge in [0.2, 0.25) is 0 Å². The van der Waals surface area contributed by atoms with E-state index < -0.39 is 0 Å². The molecule has 2 rings (SSSR count). The molecule has 0 atom stereocenters. The van der Waals surface area contributed by atoms with E-state index in [2.05, 4.69) is 30.6 Å². The molecule has 1 spiro atoms. The first-order valence-corrected chi connectivity index (χ1v) is 6.19. The molecule has 15 heavy (non-hydrogen) atoms. The summed E-state index contributed by atoms with van der Waals surface area (Å²) in [4.78, 5) is 2.59. The second-order valence-electron chi connectivity index (χ2n) is 5.82. The lowest BCUT2D eigenvalue weighted by Gasteiger charge is -2.50. The highest BCUT2D eigenvalue weighted by molar-refractivity contribution is 5.05. The highest BCUT2D eigenvalue weighted by atomic mass is 15.3. The molecule has 0 bridgehead atoms. The standard InChI is InChI=1S/C13H24N2/c1-4-9-15-11-13(7-5-6-8-13)14-10-12(15,2)3/h4,14H,1,5-11H2,2-3H3. The SMILES string of the molecule is C=CCN1CC2(CCCC2)NCC1(C)C. The summed E-state index contributed by atoms with van der Waals surface area (Å²) in [6.45, 7) is 11.9. The van der Waals surface area contributed by atoms with E-state index in [4.69, 9.17) is 0 Å². The maximum absolute atomic E-state index is 3.87. The molecular formula is C13H24N2. The summed E-state index contributed by atoms with van der Waals surface area (Å²) in [6, 6.07) is 0. The fraction of sp³-hybridized carbons (Fsp3) is 0.846. The summed E-state index contributed by atoms with van der Waals surface area (Å²) in [5.74, 6) is 0. The first kappa shape index (κ1) is 11.2. The molecule has 1 aliphatic carbocycles. The van der Waals surface area contributed by atoms with Crippen molar-refractivity contribution < 1.29 is 0 Å². The van der Waals surface area contributed by atoms with Crippen LogP contribution in [0.25, 0.3) is 0 Å². The minimum atomic E-state index is 0.280. The Morgan fingerprint density at radius 2 is 2.00 bits per heavy atom. The smallest absolute Gasteiger partial charge is 0.0309 e. The van der Waals surface area contributed by atoms with Crippen molar-refractivity contribution in [2.75, 3.05) is 19.6 Å². The third-order valence-corrected chi connectivity index (χ3v) is 4.16. The lowest BCUT2D eigenvalue weighted by molar-refractivity contribution is 0.0384. The first-order valence-electron chi connectivity index (χ1n) is 6.19. The zero-order valence-corrected chi connectivity index (χ0v) is 10.2. The zero-order chi connectivity index (χ0) is 10.9. The van der Waals surface area contributed by atoms with E-state index in [1.807, 2.05) is 6.08 Å². The summed E-state index contributed by atoms with van der Waals surface area (Å²) in [5, 5.41) is 3.80. The monoisotopic (exact) mass is 208 g/mol. The molecule has 1 saturated heterocycles. The van der Waals surface area contributed by atoms with Gasteiger partial charge in [0.15, 0.2) is 0 Å². The second-order valence-corrected chi connectivity index (χ2v) is 5.82. The van der Waals surface area contributed by atoms with Gasteiger partial charge in [0, 0.05) is 30.7 Å². The van der Waals surface area contributed by atoms with Gasteiger partial charge in [0.1, 0.15) is 0 Å². The predicted molar refractivity (Wildman–Crippen MR) is 65.1 cm³/mol. The number of hydrogen-bond donors (Lipinski definition) is 1. The van der Waals surface area contributed by atoms with Gasteiger partial charge >= 0.3 is 0 Å². The average molecular weight is 208 g/mol. The molecule has 0 aromatic carbocycles. The maximum Gasteiger partial charge on any atom is 0.0309 e. The summed E-state index contributed by atoms with van der Waals surface area (Å²) < 4.78 is 0. The third-order valence-electron chi connectivity index (χ3n) is 4.16. The van der Waals surface area contributed by atoms with Crippen molar-refractivity contribution in [2.45, 2.75) is 50.6 Å². The Morgan fingerprint density at radius 3 is 2.60 bits per heavy atom. The zero-order valence-electron chi connectivity index (χ0n) is 10.2. The minimum Gasteiger partial charge on any atom is -0.308 e. The van der Waals surface area contributed by atoms with Crippen LogP contribution in [-0.2, 0) is 0 Å². The molecule has 2 heteroatoms. The van der Waals surface area contributed by atoms with Crippen molar-refractivity contribution in [1.82, 2.24) is 10.2 Å². The van der Waals surface area contributed by atoms with Crippen LogP contribution in [0.2, 0.25) is 0 Å². The van der Waals surface area contributed by atoms with Crippen LogP contribution in [0.1, 0.15) is 39.5 Å². The molecule has 1 saturated carbocycles. The molecule has 2 fully saturated rings. The summed E-state index contributed by atoms with van der Waals surface area (Å²) in [5.41, 5.74) is 0.709. The lowest BCUT2D eigenvalue weighted by Crippen LogP contribution is -2.67. The van der Waals surface area contributed by atoms with Crippen LogP contribution < -0.4 is 5.32 Å². The lowest BCUT2D eigenvalue weighted by atomic mass is 9.87. The van der Waals surface area contributed by atoms with E-state index >= 15 is 0 Å². The number of piperazine rings is 1. The summed E-state index contributed by atoms with van der Waals surface area (Å²) >= 11 is 0. The predicted octanol–water partition coefficient (Wildman–Crippen LogP) is 2.17. The van der Waals surface area contributed by atoms with Crippen molar-refractivity contribution in [3.63, 3.8) is 0 Å². The van der Waals surface area contributed by atoms with Crippen LogP contribution in [0.3, 0.4) is 0 Å². The largest absolute Gasteiger partial charge is 0.308 e. The van der Waals surface area contributed by atoms with Gasteiger partial charge in [-0.1, -0.05) is 18.9 Å². The molecule has 1 heterocycles. The van der Waals surface area contributed by atoms with Gasteiger partial charge in [-0.3, -0.25) is 4.90 Å². The van der Waals surface area contributed by atoms with E-state index in [-0.39, 0.29) is 5.54 Å². The topological polar surface area (TPSA) is 15.3 Å². The van der Waals surface area contributed by atoms with Crippen molar-refractivity contribution >= 4 is 0 Å². The molecule has 0 aromatic heterocycles. The first-order chi connectivity index (χ1) is 7.08. The van der Waals surface area contributed by atoms with E-state index in [0.717, 1.165) is 13.1 Å². The van der Waals surface area contributed by atoms with Gasteiger partial charge in [-0.05, 0) is 26.7 Å². The summed E-state index contributed by atoms with van der Waals surface area (Å²) in [7, 11) is 0. The molecule has 0 aromatic rings. The molecule has 1 N–H and O–H groups in total. The molecule has 2 aliphatic rings. The summed E-state index contributed by atoms with van der Waals surface area (Å²) in [6.07, 6.45) is 7.55.